The Morgan fingerprint density at radius 1 is 1.33 bits per heavy atom. The van der Waals surface area contributed by atoms with Crippen LogP contribution in [0.1, 0.15) is 33.6 Å². The first-order chi connectivity index (χ1) is 9.95. The van der Waals surface area contributed by atoms with Gasteiger partial charge in [-0.2, -0.15) is 0 Å². The molecular formula is C16H22BrNO3. The Balaban J connectivity index is 2.26. The zero-order valence-electron chi connectivity index (χ0n) is 12.7. The van der Waals surface area contributed by atoms with Gasteiger partial charge in [-0.25, -0.2) is 4.79 Å². The number of carbonyl (C=O) groups excluding carboxylic acids is 1. The van der Waals surface area contributed by atoms with Crippen LogP contribution < -0.4 is 5.32 Å². The lowest BCUT2D eigenvalue weighted by Gasteiger charge is -2.41. The summed E-state index contributed by atoms with van der Waals surface area (Å²) in [6.07, 6.45) is 1.24. The van der Waals surface area contributed by atoms with E-state index >= 15 is 0 Å². The molecule has 0 aromatic heterocycles. The maximum absolute atomic E-state index is 12.5. The smallest absolute Gasteiger partial charge is 0.331 e. The molecule has 2 atom stereocenters. The zero-order chi connectivity index (χ0) is 15.5. The van der Waals surface area contributed by atoms with Crippen molar-refractivity contribution in [2.45, 2.75) is 51.4 Å². The van der Waals surface area contributed by atoms with Crippen LogP contribution in [-0.4, -0.2) is 30.3 Å². The van der Waals surface area contributed by atoms with Crippen molar-refractivity contribution in [2.75, 3.05) is 11.9 Å². The predicted octanol–water partition coefficient (Wildman–Crippen LogP) is 3.75. The van der Waals surface area contributed by atoms with E-state index in [0.717, 1.165) is 10.2 Å². The van der Waals surface area contributed by atoms with Crippen molar-refractivity contribution in [1.82, 2.24) is 0 Å². The Labute approximate surface area is 134 Å². The summed E-state index contributed by atoms with van der Waals surface area (Å²) < 4.78 is 12.1. The molecule has 1 saturated heterocycles. The molecule has 1 N–H and O–H groups in total. The van der Waals surface area contributed by atoms with E-state index < -0.39 is 5.54 Å². The molecule has 4 nitrogen and oxygen atoms in total. The molecule has 0 bridgehead atoms. The summed E-state index contributed by atoms with van der Waals surface area (Å²) in [5.74, 6) is -0.199. The van der Waals surface area contributed by atoms with E-state index in [0.29, 0.717) is 19.4 Å². The van der Waals surface area contributed by atoms with Gasteiger partial charge < -0.3 is 14.8 Å². The zero-order valence-corrected chi connectivity index (χ0v) is 14.3. The highest BCUT2D eigenvalue weighted by molar-refractivity contribution is 9.10. The lowest BCUT2D eigenvalue weighted by molar-refractivity contribution is -0.157. The number of anilines is 1. The van der Waals surface area contributed by atoms with Gasteiger partial charge in [0.1, 0.15) is 5.54 Å². The molecule has 1 aromatic carbocycles. The lowest BCUT2D eigenvalue weighted by Crippen LogP contribution is -2.55. The molecule has 1 heterocycles. The molecule has 0 radical (unpaired) electrons. The van der Waals surface area contributed by atoms with Crippen LogP contribution in [0, 0.1) is 0 Å². The number of ether oxygens (including phenoxy) is 2. The topological polar surface area (TPSA) is 47.6 Å². The highest BCUT2D eigenvalue weighted by Crippen LogP contribution is 2.33. The van der Waals surface area contributed by atoms with E-state index in [-0.39, 0.29) is 18.2 Å². The van der Waals surface area contributed by atoms with Gasteiger partial charge in [-0.3, -0.25) is 0 Å². The standard InChI is InChI=1S/C16H22BrNO3/c1-4-20-15(19)16(9-11(2)21-12(3)10-16)18-14-7-5-13(17)6-8-14/h5-8,11-12,18H,4,9-10H2,1-3H3. The highest BCUT2D eigenvalue weighted by Gasteiger charge is 2.46. The normalized spacial score (nSPS) is 29.0. The fourth-order valence-corrected chi connectivity index (χ4v) is 3.22. The van der Waals surface area contributed by atoms with Crippen molar-refractivity contribution in [3.8, 4) is 0 Å². The molecule has 1 aliphatic heterocycles. The minimum absolute atomic E-state index is 0.0149. The maximum atomic E-state index is 12.5. The molecule has 21 heavy (non-hydrogen) atoms. The summed E-state index contributed by atoms with van der Waals surface area (Å²) >= 11 is 3.42. The molecule has 0 aliphatic carbocycles. The first kappa shape index (κ1) is 16.3. The third kappa shape index (κ3) is 3.98. The highest BCUT2D eigenvalue weighted by atomic mass is 79.9. The van der Waals surface area contributed by atoms with Crippen molar-refractivity contribution < 1.29 is 14.3 Å². The summed E-state index contributed by atoms with van der Waals surface area (Å²) in [7, 11) is 0. The van der Waals surface area contributed by atoms with Gasteiger partial charge in [-0.15, -0.1) is 0 Å². The second-order valence-electron chi connectivity index (χ2n) is 5.60. The van der Waals surface area contributed by atoms with Crippen LogP contribution in [0.5, 0.6) is 0 Å². The largest absolute Gasteiger partial charge is 0.464 e. The number of rotatable bonds is 4. The van der Waals surface area contributed by atoms with Gasteiger partial charge in [0.05, 0.1) is 18.8 Å². The Morgan fingerprint density at radius 2 is 1.90 bits per heavy atom. The van der Waals surface area contributed by atoms with E-state index in [1.165, 1.54) is 0 Å². The van der Waals surface area contributed by atoms with Crippen LogP contribution in [0.25, 0.3) is 0 Å². The Hall–Kier alpha value is -1.07. The number of nitrogens with one attached hydrogen (secondary N) is 1. The second kappa shape index (κ2) is 6.79. The van der Waals surface area contributed by atoms with Crippen LogP contribution in [-0.2, 0) is 14.3 Å². The number of esters is 1. The molecule has 5 heteroatoms. The van der Waals surface area contributed by atoms with Crippen LogP contribution in [0.3, 0.4) is 0 Å². The van der Waals surface area contributed by atoms with Crippen molar-refractivity contribution in [2.24, 2.45) is 0 Å². The van der Waals surface area contributed by atoms with Crippen molar-refractivity contribution in [3.63, 3.8) is 0 Å². The van der Waals surface area contributed by atoms with E-state index in [2.05, 4.69) is 21.2 Å². The molecule has 116 valence electrons. The number of hydrogen-bond donors (Lipinski definition) is 1. The molecule has 1 fully saturated rings. The van der Waals surface area contributed by atoms with Gasteiger partial charge in [0, 0.05) is 23.0 Å². The fourth-order valence-electron chi connectivity index (χ4n) is 2.96. The van der Waals surface area contributed by atoms with E-state index in [4.69, 9.17) is 9.47 Å². The molecule has 0 saturated carbocycles. The van der Waals surface area contributed by atoms with Gasteiger partial charge in [0.2, 0.25) is 0 Å². The molecule has 1 aliphatic rings. The second-order valence-corrected chi connectivity index (χ2v) is 6.52. The first-order valence-corrected chi connectivity index (χ1v) is 8.11. The van der Waals surface area contributed by atoms with Crippen LogP contribution >= 0.6 is 15.9 Å². The summed E-state index contributed by atoms with van der Waals surface area (Å²) in [6.45, 7) is 6.20. The van der Waals surface area contributed by atoms with Crippen molar-refractivity contribution >= 4 is 27.6 Å². The average molecular weight is 356 g/mol. The molecular weight excluding hydrogens is 334 g/mol. The minimum atomic E-state index is -0.721. The van der Waals surface area contributed by atoms with Gasteiger partial charge in [0.15, 0.2) is 0 Å². The maximum Gasteiger partial charge on any atom is 0.331 e. The predicted molar refractivity (Wildman–Crippen MR) is 86.4 cm³/mol. The van der Waals surface area contributed by atoms with Crippen LogP contribution in [0.15, 0.2) is 28.7 Å². The van der Waals surface area contributed by atoms with Crippen LogP contribution in [0.4, 0.5) is 5.69 Å². The lowest BCUT2D eigenvalue weighted by atomic mass is 9.83. The number of carbonyl (C=O) groups is 1. The average Bonchev–Trinajstić information content (AvgIpc) is 2.40. The quantitative estimate of drug-likeness (QED) is 0.835. The molecule has 0 amide bonds. The molecule has 0 spiro atoms. The van der Waals surface area contributed by atoms with Gasteiger partial charge in [-0.1, -0.05) is 15.9 Å². The summed E-state index contributed by atoms with van der Waals surface area (Å²) in [6, 6.07) is 7.81. The molecule has 2 rings (SSSR count). The Bertz CT molecular complexity index is 479. The molecule has 2 unspecified atom stereocenters. The van der Waals surface area contributed by atoms with E-state index in [1.807, 2.05) is 45.0 Å². The fraction of sp³-hybridized carbons (Fsp3) is 0.562. The third-order valence-electron chi connectivity index (χ3n) is 3.63. The van der Waals surface area contributed by atoms with E-state index in [1.54, 1.807) is 0 Å². The molecule has 1 aromatic rings. The van der Waals surface area contributed by atoms with Crippen LogP contribution in [0.2, 0.25) is 0 Å². The summed E-state index contributed by atoms with van der Waals surface area (Å²) in [5, 5.41) is 3.39. The van der Waals surface area contributed by atoms with Crippen molar-refractivity contribution in [3.05, 3.63) is 28.7 Å². The van der Waals surface area contributed by atoms with Gasteiger partial charge in [0.25, 0.3) is 0 Å². The SMILES string of the molecule is CCOC(=O)C1(Nc2ccc(Br)cc2)CC(C)OC(C)C1. The van der Waals surface area contributed by atoms with Gasteiger partial charge >= 0.3 is 5.97 Å². The number of hydrogen-bond acceptors (Lipinski definition) is 4. The van der Waals surface area contributed by atoms with Crippen molar-refractivity contribution in [1.29, 1.82) is 0 Å². The number of benzene rings is 1. The first-order valence-electron chi connectivity index (χ1n) is 7.31. The third-order valence-corrected chi connectivity index (χ3v) is 4.16. The minimum Gasteiger partial charge on any atom is -0.464 e. The summed E-state index contributed by atoms with van der Waals surface area (Å²) in [5.41, 5.74) is 0.188. The van der Waals surface area contributed by atoms with E-state index in [9.17, 15) is 4.79 Å². The Kier molecular flexibility index (Phi) is 5.27. The monoisotopic (exact) mass is 355 g/mol. The van der Waals surface area contributed by atoms with Gasteiger partial charge in [-0.05, 0) is 45.0 Å². The Morgan fingerprint density at radius 3 is 2.43 bits per heavy atom. The number of halogens is 1. The summed E-state index contributed by atoms with van der Waals surface area (Å²) in [4.78, 5) is 12.5.